The fourth-order valence-electron chi connectivity index (χ4n) is 3.44. The van der Waals surface area contributed by atoms with Gasteiger partial charge in [0.1, 0.15) is 11.9 Å². The predicted molar refractivity (Wildman–Crippen MR) is 87.9 cm³/mol. The maximum Gasteiger partial charge on any atom is 0.339 e. The molecule has 0 amide bonds. The number of cyclic esters (lactones) is 1. The zero-order chi connectivity index (χ0) is 17.2. The lowest BCUT2D eigenvalue weighted by atomic mass is 9.85. The molecule has 0 saturated heterocycles. The van der Waals surface area contributed by atoms with Gasteiger partial charge in [-0.1, -0.05) is 18.2 Å². The Balaban J connectivity index is 2.12. The molecule has 0 radical (unpaired) electrons. The van der Waals surface area contributed by atoms with E-state index in [0.29, 0.717) is 16.5 Å². The van der Waals surface area contributed by atoms with Crippen molar-refractivity contribution in [2.45, 2.75) is 31.7 Å². The van der Waals surface area contributed by atoms with Crippen LogP contribution in [-0.4, -0.2) is 38.0 Å². The third-order valence-electron chi connectivity index (χ3n) is 4.54. The van der Waals surface area contributed by atoms with Gasteiger partial charge in [-0.25, -0.2) is 4.79 Å². The van der Waals surface area contributed by atoms with Crippen LogP contribution < -0.4 is 0 Å². The molecule has 3 aromatic rings. The summed E-state index contributed by atoms with van der Waals surface area (Å²) in [6.45, 7) is 2.96. The highest BCUT2D eigenvalue weighted by Crippen LogP contribution is 2.44. The van der Waals surface area contributed by atoms with E-state index in [1.807, 2.05) is 24.3 Å². The molecule has 0 spiro atoms. The summed E-state index contributed by atoms with van der Waals surface area (Å²) >= 11 is 0. The topological polar surface area (TPSA) is 103 Å². The molecule has 0 fully saturated rings. The fraction of sp³-hybridized carbons (Fsp3) is 0.278. The highest BCUT2D eigenvalue weighted by atomic mass is 16.6. The first-order valence-corrected chi connectivity index (χ1v) is 7.66. The van der Waals surface area contributed by atoms with Crippen molar-refractivity contribution in [2.75, 3.05) is 0 Å². The molecule has 6 heteroatoms. The Labute approximate surface area is 137 Å². The van der Waals surface area contributed by atoms with Crippen LogP contribution in [0.2, 0.25) is 0 Å². The number of phenols is 1. The van der Waals surface area contributed by atoms with Gasteiger partial charge in [-0.05, 0) is 26.0 Å². The molecule has 4 rings (SSSR count). The van der Waals surface area contributed by atoms with Crippen molar-refractivity contribution < 1.29 is 24.9 Å². The molecule has 2 heterocycles. The van der Waals surface area contributed by atoms with Crippen LogP contribution in [0.1, 0.15) is 35.9 Å². The number of para-hydroxylation sites is 1. The Morgan fingerprint density at radius 2 is 1.96 bits per heavy atom. The van der Waals surface area contributed by atoms with Crippen LogP contribution in [-0.2, 0) is 4.74 Å². The summed E-state index contributed by atoms with van der Waals surface area (Å²) in [5.74, 6) is -0.768. The number of benzene rings is 2. The van der Waals surface area contributed by atoms with Gasteiger partial charge >= 0.3 is 5.97 Å². The quantitative estimate of drug-likeness (QED) is 0.514. The number of phenolic OH excluding ortho intramolecular Hbond substituents is 1. The lowest BCUT2D eigenvalue weighted by molar-refractivity contribution is -0.121. The Bertz CT molecular complexity index is 982. The monoisotopic (exact) mass is 327 g/mol. The van der Waals surface area contributed by atoms with Crippen molar-refractivity contribution >= 4 is 27.8 Å². The number of aliphatic hydroxyl groups excluding tert-OH is 1. The first kappa shape index (κ1) is 15.0. The van der Waals surface area contributed by atoms with E-state index in [2.05, 4.69) is 4.98 Å². The molecule has 1 aliphatic heterocycles. The van der Waals surface area contributed by atoms with E-state index in [0.717, 1.165) is 10.9 Å². The van der Waals surface area contributed by atoms with Gasteiger partial charge in [0.25, 0.3) is 0 Å². The summed E-state index contributed by atoms with van der Waals surface area (Å²) < 4.78 is 5.22. The highest BCUT2D eigenvalue weighted by Gasteiger charge is 2.44. The molecule has 0 bridgehead atoms. The van der Waals surface area contributed by atoms with Crippen LogP contribution in [0.4, 0.5) is 0 Å². The van der Waals surface area contributed by atoms with Crippen molar-refractivity contribution in [1.82, 2.24) is 4.98 Å². The fourth-order valence-corrected chi connectivity index (χ4v) is 3.44. The third-order valence-corrected chi connectivity index (χ3v) is 4.54. The van der Waals surface area contributed by atoms with Gasteiger partial charge in [0, 0.05) is 21.9 Å². The van der Waals surface area contributed by atoms with E-state index in [9.17, 15) is 20.1 Å². The molecular weight excluding hydrogens is 310 g/mol. The van der Waals surface area contributed by atoms with E-state index in [4.69, 9.17) is 4.74 Å². The average Bonchev–Trinajstić information content (AvgIpc) is 2.90. The summed E-state index contributed by atoms with van der Waals surface area (Å²) in [6, 6.07) is 8.68. The van der Waals surface area contributed by atoms with Crippen LogP contribution in [0.5, 0.6) is 5.75 Å². The predicted octanol–water partition coefficient (Wildman–Crippen LogP) is 2.37. The number of fused-ring (bicyclic) bond motifs is 5. The lowest BCUT2D eigenvalue weighted by Gasteiger charge is -2.37. The largest absolute Gasteiger partial charge is 0.506 e. The first-order valence-electron chi connectivity index (χ1n) is 7.66. The van der Waals surface area contributed by atoms with Gasteiger partial charge in [-0.3, -0.25) is 0 Å². The summed E-state index contributed by atoms with van der Waals surface area (Å²) in [5.41, 5.74) is 0.282. The molecule has 4 N–H and O–H groups in total. The number of ether oxygens (including phenoxy) is 1. The van der Waals surface area contributed by atoms with Gasteiger partial charge < -0.3 is 25.0 Å². The molecule has 0 saturated carbocycles. The second kappa shape index (κ2) is 4.72. The Hall–Kier alpha value is -2.57. The number of aromatic amines is 1. The number of hydrogen-bond donors (Lipinski definition) is 4. The number of H-pyrrole nitrogens is 1. The van der Waals surface area contributed by atoms with E-state index in [-0.39, 0.29) is 11.3 Å². The third kappa shape index (κ3) is 1.93. The summed E-state index contributed by atoms with van der Waals surface area (Å²) in [6.07, 6.45) is -2.31. The van der Waals surface area contributed by atoms with Crippen LogP contribution >= 0.6 is 0 Å². The molecule has 0 aliphatic carbocycles. The molecular formula is C18H17NO5. The summed E-state index contributed by atoms with van der Waals surface area (Å²) in [7, 11) is 0. The molecule has 0 unspecified atom stereocenters. The molecule has 2 aromatic carbocycles. The highest BCUT2D eigenvalue weighted by molar-refractivity contribution is 6.14. The Kier molecular flexibility index (Phi) is 2.95. The van der Waals surface area contributed by atoms with Crippen LogP contribution in [0.25, 0.3) is 21.8 Å². The number of esters is 1. The van der Waals surface area contributed by atoms with Crippen molar-refractivity contribution in [3.63, 3.8) is 0 Å². The van der Waals surface area contributed by atoms with Crippen molar-refractivity contribution in [2.24, 2.45) is 0 Å². The minimum absolute atomic E-state index is 0.0918. The van der Waals surface area contributed by atoms with Gasteiger partial charge in [0.2, 0.25) is 0 Å². The van der Waals surface area contributed by atoms with Gasteiger partial charge in [-0.2, -0.15) is 0 Å². The summed E-state index contributed by atoms with van der Waals surface area (Å²) in [5, 5.41) is 32.7. The lowest BCUT2D eigenvalue weighted by Crippen LogP contribution is -2.46. The second-order valence-electron chi connectivity index (χ2n) is 6.70. The van der Waals surface area contributed by atoms with Crippen molar-refractivity contribution in [1.29, 1.82) is 0 Å². The zero-order valence-corrected chi connectivity index (χ0v) is 13.2. The molecule has 1 aromatic heterocycles. The number of aromatic nitrogens is 1. The normalized spacial score (nSPS) is 21.1. The number of hydrogen-bond acceptors (Lipinski definition) is 5. The minimum atomic E-state index is -1.41. The number of rotatable bonds is 1. The number of nitrogens with one attached hydrogen (secondary N) is 1. The van der Waals surface area contributed by atoms with Gasteiger partial charge in [0.15, 0.2) is 6.10 Å². The van der Waals surface area contributed by atoms with Crippen LogP contribution in [0, 0.1) is 0 Å². The number of carbonyl (C=O) groups is 1. The minimum Gasteiger partial charge on any atom is -0.506 e. The summed E-state index contributed by atoms with van der Waals surface area (Å²) in [4.78, 5) is 15.5. The molecule has 6 nitrogen and oxygen atoms in total. The van der Waals surface area contributed by atoms with E-state index >= 15 is 0 Å². The standard InChI is InChI=1S/C18H17NO5/c1-18(2,23)16-15(21)13-9(17(22)24-16)7-11(20)14-12(13)8-5-3-4-6-10(8)19-14/h3-7,15-16,19-21,23H,1-2H3/t15-,16+/m0/s1. The first-order chi connectivity index (χ1) is 11.3. The maximum absolute atomic E-state index is 12.4. The van der Waals surface area contributed by atoms with E-state index < -0.39 is 23.8 Å². The van der Waals surface area contributed by atoms with E-state index in [1.165, 1.54) is 19.9 Å². The molecule has 2 atom stereocenters. The Morgan fingerprint density at radius 1 is 1.25 bits per heavy atom. The molecule has 24 heavy (non-hydrogen) atoms. The molecule has 124 valence electrons. The second-order valence-corrected chi connectivity index (χ2v) is 6.70. The van der Waals surface area contributed by atoms with Gasteiger partial charge in [0.05, 0.1) is 16.7 Å². The van der Waals surface area contributed by atoms with Gasteiger partial charge in [-0.15, -0.1) is 0 Å². The van der Waals surface area contributed by atoms with Crippen molar-refractivity contribution in [3.05, 3.63) is 41.5 Å². The number of carbonyl (C=O) groups excluding carboxylic acids is 1. The maximum atomic E-state index is 12.4. The SMILES string of the molecule is CC(C)(O)[C@@H]1OC(=O)c2cc(O)c3[nH]c4ccccc4c3c2[C@@H]1O. The molecule has 1 aliphatic rings. The van der Waals surface area contributed by atoms with E-state index in [1.54, 1.807) is 0 Å². The number of aromatic hydroxyl groups is 1. The van der Waals surface area contributed by atoms with Crippen molar-refractivity contribution in [3.8, 4) is 5.75 Å². The zero-order valence-electron chi connectivity index (χ0n) is 13.2. The smallest absolute Gasteiger partial charge is 0.339 e. The van der Waals surface area contributed by atoms with Crippen LogP contribution in [0.3, 0.4) is 0 Å². The number of aliphatic hydroxyl groups is 2. The average molecular weight is 327 g/mol. The Morgan fingerprint density at radius 3 is 2.67 bits per heavy atom. The van der Waals surface area contributed by atoms with Crippen LogP contribution in [0.15, 0.2) is 30.3 Å².